The molecule has 0 aromatic heterocycles. The summed E-state index contributed by atoms with van der Waals surface area (Å²) in [5.41, 5.74) is 2.34. The van der Waals surface area contributed by atoms with Gasteiger partial charge in [0, 0.05) is 0 Å². The maximum atomic E-state index is 10.6. The second-order valence-electron chi connectivity index (χ2n) is 3.94. The maximum Gasteiger partial charge on any atom is 0.357 e. The zero-order valence-corrected chi connectivity index (χ0v) is 10.8. The summed E-state index contributed by atoms with van der Waals surface area (Å²) in [4.78, 5) is 0. The number of hydrogen-bond acceptors (Lipinski definition) is 2. The zero-order valence-electron chi connectivity index (χ0n) is 10.0. The molecule has 0 aliphatic heterocycles. The van der Waals surface area contributed by atoms with Gasteiger partial charge in [0.1, 0.15) is 0 Å². The van der Waals surface area contributed by atoms with Crippen molar-refractivity contribution >= 4 is 28.1 Å². The molecule has 98 valence electrons. The van der Waals surface area contributed by atoms with Crippen molar-refractivity contribution in [3.05, 3.63) is 65.7 Å². The summed E-state index contributed by atoms with van der Waals surface area (Å²) in [6.45, 7) is 0. The van der Waals surface area contributed by atoms with Gasteiger partial charge in [0.25, 0.3) is 0 Å². The quantitative estimate of drug-likeness (QED) is 0.665. The van der Waals surface area contributed by atoms with Crippen molar-refractivity contribution < 1.29 is 13.0 Å². The molecule has 0 saturated heterocycles. The average molecular weight is 275 g/mol. The first-order chi connectivity index (χ1) is 9.03. The summed E-state index contributed by atoms with van der Waals surface area (Å²) in [5, 5.41) is 0. The van der Waals surface area contributed by atoms with E-state index in [-0.39, 0.29) is 0 Å². The number of rotatable bonds is 4. The third-order valence-corrected chi connectivity index (χ3v) is 2.92. The van der Waals surface area contributed by atoms with E-state index >= 15 is 0 Å². The fraction of sp³-hybridized carbons (Fsp3) is 0. The monoisotopic (exact) mass is 275 g/mol. The molecule has 0 radical (unpaired) electrons. The minimum Gasteiger partial charge on any atom is -0.269 e. The normalized spacial score (nSPS) is 11.6. The SMILES string of the molecule is O=S(=O)(O)Nc1ccc(C=Cc2ccccc2)cc1. The van der Waals surface area contributed by atoms with Crippen LogP contribution in [0.1, 0.15) is 11.1 Å². The topological polar surface area (TPSA) is 66.4 Å². The molecule has 2 aromatic rings. The predicted octanol–water partition coefficient (Wildman–Crippen LogP) is 3.07. The highest BCUT2D eigenvalue weighted by molar-refractivity contribution is 7.87. The standard InChI is InChI=1S/C14H13NO3S/c16-19(17,18)15-14-10-8-13(9-11-14)7-6-12-4-2-1-3-5-12/h1-11,15H,(H,16,17,18). The van der Waals surface area contributed by atoms with E-state index in [4.69, 9.17) is 4.55 Å². The van der Waals surface area contributed by atoms with Crippen LogP contribution in [-0.4, -0.2) is 13.0 Å². The lowest BCUT2D eigenvalue weighted by Crippen LogP contribution is -2.09. The number of hydrogen-bond donors (Lipinski definition) is 2. The Balaban J connectivity index is 2.09. The average Bonchev–Trinajstić information content (AvgIpc) is 2.37. The van der Waals surface area contributed by atoms with Gasteiger partial charge in [0.15, 0.2) is 0 Å². The molecule has 0 spiro atoms. The molecule has 0 heterocycles. The van der Waals surface area contributed by atoms with Crippen LogP contribution in [0, 0.1) is 0 Å². The summed E-state index contributed by atoms with van der Waals surface area (Å²) in [6.07, 6.45) is 3.89. The number of benzene rings is 2. The minimum atomic E-state index is -4.21. The van der Waals surface area contributed by atoms with E-state index in [2.05, 4.69) is 0 Å². The van der Waals surface area contributed by atoms with Crippen LogP contribution >= 0.6 is 0 Å². The first-order valence-corrected chi connectivity index (χ1v) is 7.05. The molecule has 0 unspecified atom stereocenters. The Morgan fingerprint density at radius 3 is 1.89 bits per heavy atom. The van der Waals surface area contributed by atoms with Gasteiger partial charge in [-0.1, -0.05) is 54.6 Å². The van der Waals surface area contributed by atoms with Gasteiger partial charge in [-0.3, -0.25) is 9.27 Å². The lowest BCUT2D eigenvalue weighted by atomic mass is 10.1. The van der Waals surface area contributed by atoms with Gasteiger partial charge in [0.2, 0.25) is 0 Å². The van der Waals surface area contributed by atoms with E-state index in [1.807, 2.05) is 47.2 Å². The molecule has 2 N–H and O–H groups in total. The Morgan fingerprint density at radius 1 is 0.842 bits per heavy atom. The molecular formula is C14H13NO3S. The van der Waals surface area contributed by atoms with Crippen LogP contribution in [-0.2, 0) is 10.3 Å². The molecule has 0 fully saturated rings. The molecule has 0 bridgehead atoms. The van der Waals surface area contributed by atoms with Gasteiger partial charge in [-0.05, 0) is 23.3 Å². The Bertz CT molecular complexity index is 662. The molecule has 2 aromatic carbocycles. The van der Waals surface area contributed by atoms with E-state index in [0.29, 0.717) is 5.69 Å². The highest BCUT2D eigenvalue weighted by Gasteiger charge is 2.02. The lowest BCUT2D eigenvalue weighted by molar-refractivity contribution is 0.489. The molecule has 5 heteroatoms. The summed E-state index contributed by atoms with van der Waals surface area (Å²) in [6, 6.07) is 16.5. The van der Waals surface area contributed by atoms with Crippen molar-refractivity contribution in [2.45, 2.75) is 0 Å². The largest absolute Gasteiger partial charge is 0.357 e. The summed E-state index contributed by atoms with van der Waals surface area (Å²) >= 11 is 0. The zero-order chi connectivity index (χ0) is 13.7. The predicted molar refractivity (Wildman–Crippen MR) is 77.0 cm³/mol. The van der Waals surface area contributed by atoms with Crippen LogP contribution in [0.3, 0.4) is 0 Å². The lowest BCUT2D eigenvalue weighted by Gasteiger charge is -2.02. The van der Waals surface area contributed by atoms with Crippen LogP contribution in [0.4, 0.5) is 5.69 Å². The fourth-order valence-electron chi connectivity index (χ4n) is 1.57. The second-order valence-corrected chi connectivity index (χ2v) is 5.10. The molecule has 4 nitrogen and oxygen atoms in total. The first-order valence-electron chi connectivity index (χ1n) is 5.61. The van der Waals surface area contributed by atoms with E-state index in [0.717, 1.165) is 11.1 Å². The Kier molecular flexibility index (Phi) is 3.99. The van der Waals surface area contributed by atoms with Crippen molar-refractivity contribution in [2.24, 2.45) is 0 Å². The number of anilines is 1. The summed E-state index contributed by atoms with van der Waals surface area (Å²) in [7, 11) is -4.21. The Morgan fingerprint density at radius 2 is 1.37 bits per heavy atom. The smallest absolute Gasteiger partial charge is 0.269 e. The fourth-order valence-corrected chi connectivity index (χ4v) is 2.00. The molecule has 0 saturated carbocycles. The van der Waals surface area contributed by atoms with Crippen molar-refractivity contribution in [3.8, 4) is 0 Å². The van der Waals surface area contributed by atoms with Gasteiger partial charge >= 0.3 is 10.3 Å². The maximum absolute atomic E-state index is 10.6. The van der Waals surface area contributed by atoms with Gasteiger partial charge < -0.3 is 0 Å². The van der Waals surface area contributed by atoms with Crippen LogP contribution in [0.25, 0.3) is 12.2 Å². The van der Waals surface area contributed by atoms with Gasteiger partial charge in [-0.15, -0.1) is 0 Å². The summed E-state index contributed by atoms with van der Waals surface area (Å²) < 4.78 is 31.9. The number of nitrogens with one attached hydrogen (secondary N) is 1. The minimum absolute atomic E-state index is 0.319. The highest BCUT2D eigenvalue weighted by Crippen LogP contribution is 2.13. The molecule has 0 atom stereocenters. The first kappa shape index (κ1) is 13.3. The third-order valence-electron chi connectivity index (χ3n) is 2.43. The van der Waals surface area contributed by atoms with Crippen LogP contribution in [0.2, 0.25) is 0 Å². The molecular weight excluding hydrogens is 262 g/mol. The van der Waals surface area contributed by atoms with E-state index in [9.17, 15) is 8.42 Å². The van der Waals surface area contributed by atoms with Crippen molar-refractivity contribution in [2.75, 3.05) is 4.72 Å². The molecule has 19 heavy (non-hydrogen) atoms. The molecule has 0 aliphatic carbocycles. The molecule has 2 rings (SSSR count). The van der Waals surface area contributed by atoms with Crippen molar-refractivity contribution in [3.63, 3.8) is 0 Å². The summed E-state index contributed by atoms with van der Waals surface area (Å²) in [5.74, 6) is 0. The Labute approximate surface area is 112 Å². The van der Waals surface area contributed by atoms with Crippen molar-refractivity contribution in [1.29, 1.82) is 0 Å². The molecule has 0 amide bonds. The van der Waals surface area contributed by atoms with E-state index in [1.54, 1.807) is 24.3 Å². The van der Waals surface area contributed by atoms with Crippen molar-refractivity contribution in [1.82, 2.24) is 0 Å². The highest BCUT2D eigenvalue weighted by atomic mass is 32.2. The Hall–Kier alpha value is -2.11. The van der Waals surface area contributed by atoms with Crippen LogP contribution in [0.15, 0.2) is 54.6 Å². The second kappa shape index (κ2) is 5.69. The van der Waals surface area contributed by atoms with Gasteiger partial charge in [-0.2, -0.15) is 8.42 Å². The van der Waals surface area contributed by atoms with Gasteiger partial charge in [-0.25, -0.2) is 0 Å². The van der Waals surface area contributed by atoms with Gasteiger partial charge in [0.05, 0.1) is 5.69 Å². The third kappa shape index (κ3) is 4.57. The van der Waals surface area contributed by atoms with Crippen LogP contribution < -0.4 is 4.72 Å². The van der Waals surface area contributed by atoms with E-state index < -0.39 is 10.3 Å². The van der Waals surface area contributed by atoms with Crippen LogP contribution in [0.5, 0.6) is 0 Å². The molecule has 0 aliphatic rings. The van der Waals surface area contributed by atoms with E-state index in [1.165, 1.54) is 0 Å².